The minimum absolute atomic E-state index is 0.00955. The summed E-state index contributed by atoms with van der Waals surface area (Å²) in [6.45, 7) is 3.02. The van der Waals surface area contributed by atoms with E-state index >= 15 is 0 Å². The number of urea groups is 1. The molecule has 1 aromatic rings. The second-order valence-electron chi connectivity index (χ2n) is 5.45. The third kappa shape index (κ3) is 4.36. The Kier molecular flexibility index (Phi) is 5.44. The molecule has 0 aliphatic heterocycles. The first-order valence-corrected chi connectivity index (χ1v) is 7.44. The van der Waals surface area contributed by atoms with Gasteiger partial charge in [-0.1, -0.05) is 17.7 Å². The Morgan fingerprint density at radius 1 is 1.48 bits per heavy atom. The molecular formula is C16H24N2O3. The van der Waals surface area contributed by atoms with Crippen molar-refractivity contribution in [3.05, 3.63) is 29.3 Å². The minimum Gasteiger partial charge on any atom is -0.496 e. The fourth-order valence-electron chi connectivity index (χ4n) is 2.45. The smallest absolute Gasteiger partial charge is 0.317 e. The number of carbonyl (C=O) groups excluding carboxylic acids is 1. The van der Waals surface area contributed by atoms with E-state index in [-0.39, 0.29) is 12.6 Å². The van der Waals surface area contributed by atoms with Crippen molar-refractivity contribution in [2.24, 2.45) is 0 Å². The average Bonchev–Trinajstić information content (AvgIpc) is 3.29. The molecule has 0 radical (unpaired) electrons. The van der Waals surface area contributed by atoms with Crippen LogP contribution >= 0.6 is 0 Å². The van der Waals surface area contributed by atoms with Gasteiger partial charge in [-0.3, -0.25) is 0 Å². The van der Waals surface area contributed by atoms with E-state index in [2.05, 4.69) is 11.4 Å². The largest absolute Gasteiger partial charge is 0.496 e. The molecule has 2 rings (SSSR count). The molecular weight excluding hydrogens is 268 g/mol. The number of aliphatic hydroxyl groups is 1. The molecule has 1 aliphatic carbocycles. The molecule has 5 heteroatoms. The molecule has 2 N–H and O–H groups in total. The molecule has 2 amide bonds. The lowest BCUT2D eigenvalue weighted by molar-refractivity contribution is 0.174. The van der Waals surface area contributed by atoms with Crippen molar-refractivity contribution in [2.75, 3.05) is 26.8 Å². The number of ether oxygens (including phenoxy) is 1. The number of benzene rings is 1. The molecule has 21 heavy (non-hydrogen) atoms. The first-order valence-electron chi connectivity index (χ1n) is 7.44. The summed E-state index contributed by atoms with van der Waals surface area (Å²) >= 11 is 0. The Labute approximate surface area is 125 Å². The van der Waals surface area contributed by atoms with E-state index < -0.39 is 0 Å². The maximum atomic E-state index is 12.1. The number of aliphatic hydroxyl groups excluding tert-OH is 1. The Morgan fingerprint density at radius 2 is 2.24 bits per heavy atom. The molecule has 5 nitrogen and oxygen atoms in total. The van der Waals surface area contributed by atoms with Gasteiger partial charge in [0.15, 0.2) is 0 Å². The van der Waals surface area contributed by atoms with Crippen LogP contribution in [0.25, 0.3) is 0 Å². The summed E-state index contributed by atoms with van der Waals surface area (Å²) in [5, 5.41) is 12.0. The van der Waals surface area contributed by atoms with Crippen LogP contribution in [-0.4, -0.2) is 48.9 Å². The lowest BCUT2D eigenvalue weighted by atomic mass is 10.1. The Morgan fingerprint density at radius 3 is 2.86 bits per heavy atom. The molecule has 0 bridgehead atoms. The van der Waals surface area contributed by atoms with E-state index in [1.165, 1.54) is 5.56 Å². The molecule has 1 saturated carbocycles. The van der Waals surface area contributed by atoms with Crippen LogP contribution in [0.3, 0.4) is 0 Å². The predicted molar refractivity (Wildman–Crippen MR) is 81.6 cm³/mol. The number of methoxy groups -OCH3 is 1. The van der Waals surface area contributed by atoms with Gasteiger partial charge in [0.1, 0.15) is 5.75 Å². The van der Waals surface area contributed by atoms with Gasteiger partial charge in [0.2, 0.25) is 0 Å². The second kappa shape index (κ2) is 7.31. The van der Waals surface area contributed by atoms with Gasteiger partial charge in [-0.05, 0) is 37.8 Å². The fraction of sp³-hybridized carbons (Fsp3) is 0.562. The normalized spacial score (nSPS) is 13.9. The molecule has 1 aromatic carbocycles. The van der Waals surface area contributed by atoms with Gasteiger partial charge >= 0.3 is 6.03 Å². The second-order valence-corrected chi connectivity index (χ2v) is 5.45. The van der Waals surface area contributed by atoms with Gasteiger partial charge in [0.25, 0.3) is 0 Å². The van der Waals surface area contributed by atoms with Gasteiger partial charge in [-0.15, -0.1) is 0 Å². The van der Waals surface area contributed by atoms with Crippen LogP contribution in [0.15, 0.2) is 18.2 Å². The molecule has 0 spiro atoms. The van der Waals surface area contributed by atoms with E-state index in [1.807, 2.05) is 19.1 Å². The van der Waals surface area contributed by atoms with E-state index in [0.717, 1.165) is 30.6 Å². The minimum atomic E-state index is -0.0850. The summed E-state index contributed by atoms with van der Waals surface area (Å²) < 4.78 is 5.34. The van der Waals surface area contributed by atoms with Crippen molar-refractivity contribution < 1.29 is 14.6 Å². The van der Waals surface area contributed by atoms with Crippen molar-refractivity contribution in [1.82, 2.24) is 10.2 Å². The first kappa shape index (κ1) is 15.6. The monoisotopic (exact) mass is 292 g/mol. The zero-order valence-corrected chi connectivity index (χ0v) is 12.8. The van der Waals surface area contributed by atoms with Crippen molar-refractivity contribution in [3.8, 4) is 5.75 Å². The summed E-state index contributed by atoms with van der Waals surface area (Å²) in [6, 6.07) is 6.27. The number of hydrogen-bond donors (Lipinski definition) is 2. The SMILES string of the molecule is COc1ccc(C)cc1CCNC(=O)N(CCO)C1CC1. The van der Waals surface area contributed by atoms with Crippen LogP contribution in [0, 0.1) is 6.92 Å². The van der Waals surface area contributed by atoms with E-state index in [1.54, 1.807) is 12.0 Å². The van der Waals surface area contributed by atoms with Crippen LogP contribution in [0.5, 0.6) is 5.75 Å². The molecule has 1 aliphatic rings. The van der Waals surface area contributed by atoms with E-state index in [4.69, 9.17) is 9.84 Å². The van der Waals surface area contributed by atoms with Gasteiger partial charge in [0.05, 0.1) is 13.7 Å². The third-order valence-corrected chi connectivity index (χ3v) is 3.70. The van der Waals surface area contributed by atoms with Gasteiger partial charge in [0, 0.05) is 19.1 Å². The molecule has 0 saturated heterocycles. The summed E-state index contributed by atoms with van der Waals surface area (Å²) in [7, 11) is 1.66. The van der Waals surface area contributed by atoms with Gasteiger partial charge < -0.3 is 20.1 Å². The number of rotatable bonds is 7. The Balaban J connectivity index is 1.85. The Hall–Kier alpha value is -1.75. The highest BCUT2D eigenvalue weighted by Crippen LogP contribution is 2.26. The lowest BCUT2D eigenvalue weighted by Crippen LogP contribution is -2.43. The van der Waals surface area contributed by atoms with Crippen molar-refractivity contribution >= 4 is 6.03 Å². The standard InChI is InChI=1S/C16H24N2O3/c1-12-3-6-15(21-2)13(11-12)7-8-17-16(20)18(9-10-19)14-4-5-14/h3,6,11,14,19H,4-5,7-10H2,1-2H3,(H,17,20). The maximum absolute atomic E-state index is 12.1. The summed E-state index contributed by atoms with van der Waals surface area (Å²) in [4.78, 5) is 13.8. The van der Waals surface area contributed by atoms with Crippen LogP contribution in [0.1, 0.15) is 24.0 Å². The summed E-state index contributed by atoms with van der Waals surface area (Å²) in [5.74, 6) is 0.851. The average molecular weight is 292 g/mol. The van der Waals surface area contributed by atoms with E-state index in [9.17, 15) is 4.79 Å². The number of hydrogen-bond acceptors (Lipinski definition) is 3. The molecule has 0 atom stereocenters. The van der Waals surface area contributed by atoms with E-state index in [0.29, 0.717) is 19.1 Å². The highest BCUT2D eigenvalue weighted by molar-refractivity contribution is 5.74. The first-order chi connectivity index (χ1) is 10.2. The summed E-state index contributed by atoms with van der Waals surface area (Å²) in [6.07, 6.45) is 2.81. The maximum Gasteiger partial charge on any atom is 0.317 e. The number of amides is 2. The molecule has 0 aromatic heterocycles. The molecule has 116 valence electrons. The Bertz CT molecular complexity index is 486. The van der Waals surface area contributed by atoms with Crippen LogP contribution in [0.4, 0.5) is 4.79 Å². The lowest BCUT2D eigenvalue weighted by Gasteiger charge is -2.22. The van der Waals surface area contributed by atoms with Crippen LogP contribution < -0.4 is 10.1 Å². The van der Waals surface area contributed by atoms with Crippen LogP contribution in [0.2, 0.25) is 0 Å². The number of nitrogens with one attached hydrogen (secondary N) is 1. The van der Waals surface area contributed by atoms with Crippen LogP contribution in [-0.2, 0) is 6.42 Å². The molecule has 0 heterocycles. The highest BCUT2D eigenvalue weighted by Gasteiger charge is 2.31. The predicted octanol–water partition coefficient (Wildman–Crippen LogP) is 1.71. The zero-order valence-electron chi connectivity index (χ0n) is 12.8. The quantitative estimate of drug-likeness (QED) is 0.804. The number of carbonyl (C=O) groups is 1. The highest BCUT2D eigenvalue weighted by atomic mass is 16.5. The summed E-state index contributed by atoms with van der Waals surface area (Å²) in [5.41, 5.74) is 2.27. The number of aryl methyl sites for hydroxylation is 1. The van der Waals surface area contributed by atoms with Crippen molar-refractivity contribution in [3.63, 3.8) is 0 Å². The zero-order chi connectivity index (χ0) is 15.2. The topological polar surface area (TPSA) is 61.8 Å². The van der Waals surface area contributed by atoms with Gasteiger partial charge in [-0.25, -0.2) is 4.79 Å². The van der Waals surface area contributed by atoms with Gasteiger partial charge in [-0.2, -0.15) is 0 Å². The fourth-order valence-corrected chi connectivity index (χ4v) is 2.45. The number of nitrogens with zero attached hydrogens (tertiary/aromatic N) is 1. The molecule has 0 unspecified atom stereocenters. The van der Waals surface area contributed by atoms with Crippen molar-refractivity contribution in [1.29, 1.82) is 0 Å². The molecule has 1 fully saturated rings. The van der Waals surface area contributed by atoms with Crippen molar-refractivity contribution in [2.45, 2.75) is 32.2 Å². The third-order valence-electron chi connectivity index (χ3n) is 3.70.